The Bertz CT molecular complexity index is 597. The molecule has 2 saturated heterocycles. The lowest BCUT2D eigenvalue weighted by Gasteiger charge is -2.34. The van der Waals surface area contributed by atoms with Crippen LogP contribution < -0.4 is 10.6 Å². The van der Waals surface area contributed by atoms with Crippen LogP contribution in [0.1, 0.15) is 43.9 Å². The molecular weight excluding hydrogens is 394 g/mol. The summed E-state index contributed by atoms with van der Waals surface area (Å²) in [7, 11) is 0. The van der Waals surface area contributed by atoms with E-state index in [1.165, 1.54) is 17.7 Å². The molecule has 2 atom stereocenters. The highest BCUT2D eigenvalue weighted by Gasteiger charge is 2.29. The predicted octanol–water partition coefficient (Wildman–Crippen LogP) is 3.09. The number of nitrogens with one attached hydrogen (secondary N) is 2. The molecule has 0 saturated carbocycles. The zero-order valence-corrected chi connectivity index (χ0v) is 18.5. The van der Waals surface area contributed by atoms with E-state index in [1.54, 1.807) is 11.3 Å². The lowest BCUT2D eigenvalue weighted by molar-refractivity contribution is -0.136. The van der Waals surface area contributed by atoms with Crippen molar-refractivity contribution in [2.45, 2.75) is 45.4 Å². The molecule has 2 fully saturated rings. The molecule has 2 N–H and O–H groups in total. The zero-order valence-electron chi connectivity index (χ0n) is 16.8. The van der Waals surface area contributed by atoms with Gasteiger partial charge in [0, 0.05) is 36.9 Å². The molecule has 0 aromatic carbocycles. The Balaban J connectivity index is 0.00000280. The van der Waals surface area contributed by atoms with Gasteiger partial charge in [0.05, 0.1) is 0 Å². The molecule has 0 spiro atoms. The van der Waals surface area contributed by atoms with E-state index in [1.807, 2.05) is 11.0 Å². The maximum Gasteiger partial charge on any atom is 0.223 e. The van der Waals surface area contributed by atoms with Crippen LogP contribution in [0, 0.1) is 17.8 Å². The van der Waals surface area contributed by atoms with Gasteiger partial charge in [-0.1, -0.05) is 13.0 Å². The van der Waals surface area contributed by atoms with Gasteiger partial charge in [-0.15, -0.1) is 23.7 Å². The van der Waals surface area contributed by atoms with Crippen molar-refractivity contribution in [1.82, 2.24) is 15.5 Å². The monoisotopic (exact) mass is 427 g/mol. The lowest BCUT2D eigenvalue weighted by atomic mass is 9.85. The molecule has 0 radical (unpaired) electrons. The Morgan fingerprint density at radius 3 is 2.75 bits per heavy atom. The third kappa shape index (κ3) is 6.75. The lowest BCUT2D eigenvalue weighted by Crippen LogP contribution is -2.44. The molecule has 5 nitrogen and oxygen atoms in total. The largest absolute Gasteiger partial charge is 0.355 e. The smallest absolute Gasteiger partial charge is 0.223 e. The molecule has 28 heavy (non-hydrogen) atoms. The second kappa shape index (κ2) is 11.8. The number of rotatable bonds is 7. The number of likely N-dealkylation sites (tertiary alicyclic amines) is 1. The summed E-state index contributed by atoms with van der Waals surface area (Å²) in [6, 6.07) is 4.14. The minimum Gasteiger partial charge on any atom is -0.355 e. The molecule has 2 aliphatic heterocycles. The van der Waals surface area contributed by atoms with Crippen molar-refractivity contribution < 1.29 is 9.59 Å². The normalized spacial score (nSPS) is 21.6. The fraction of sp³-hybridized carbons (Fsp3) is 0.714. The van der Waals surface area contributed by atoms with Crippen LogP contribution >= 0.6 is 23.7 Å². The van der Waals surface area contributed by atoms with Crippen molar-refractivity contribution in [1.29, 1.82) is 0 Å². The first-order valence-electron chi connectivity index (χ1n) is 10.4. The van der Waals surface area contributed by atoms with E-state index in [-0.39, 0.29) is 30.1 Å². The predicted molar refractivity (Wildman–Crippen MR) is 117 cm³/mol. The third-order valence-corrected chi connectivity index (χ3v) is 7.04. The molecule has 2 unspecified atom stereocenters. The minimum absolute atomic E-state index is 0. The van der Waals surface area contributed by atoms with E-state index in [4.69, 9.17) is 0 Å². The van der Waals surface area contributed by atoms with Crippen LogP contribution in [0.4, 0.5) is 0 Å². The summed E-state index contributed by atoms with van der Waals surface area (Å²) in [4.78, 5) is 28.3. The first kappa shape index (κ1) is 23.2. The van der Waals surface area contributed by atoms with Crippen molar-refractivity contribution >= 4 is 35.6 Å². The van der Waals surface area contributed by atoms with Crippen LogP contribution in [0.15, 0.2) is 17.5 Å². The number of hydrogen-bond acceptors (Lipinski definition) is 4. The van der Waals surface area contributed by atoms with E-state index >= 15 is 0 Å². The van der Waals surface area contributed by atoms with E-state index < -0.39 is 0 Å². The first-order valence-corrected chi connectivity index (χ1v) is 11.3. The van der Waals surface area contributed by atoms with Crippen molar-refractivity contribution in [3.8, 4) is 0 Å². The Morgan fingerprint density at radius 1 is 1.32 bits per heavy atom. The highest BCUT2D eigenvalue weighted by atomic mass is 35.5. The number of halogens is 1. The number of carbonyl (C=O) groups excluding carboxylic acids is 2. The quantitative estimate of drug-likeness (QED) is 0.702. The van der Waals surface area contributed by atoms with Gasteiger partial charge in [-0.25, -0.2) is 0 Å². The van der Waals surface area contributed by atoms with Gasteiger partial charge in [0.2, 0.25) is 11.8 Å². The first-order chi connectivity index (χ1) is 13.1. The zero-order chi connectivity index (χ0) is 19.1. The van der Waals surface area contributed by atoms with Gasteiger partial charge in [-0.05, 0) is 68.5 Å². The van der Waals surface area contributed by atoms with Gasteiger partial charge < -0.3 is 15.5 Å². The molecule has 0 aliphatic carbocycles. The number of nitrogens with zero attached hydrogens (tertiary/aromatic N) is 1. The minimum atomic E-state index is 0. The molecule has 3 rings (SSSR count). The van der Waals surface area contributed by atoms with Crippen molar-refractivity contribution in [3.63, 3.8) is 0 Å². The maximum atomic E-state index is 12.6. The van der Waals surface area contributed by atoms with Gasteiger partial charge in [0.15, 0.2) is 0 Å². The Labute approximate surface area is 179 Å². The van der Waals surface area contributed by atoms with Crippen LogP contribution in [-0.4, -0.2) is 49.4 Å². The fourth-order valence-corrected chi connectivity index (χ4v) is 4.94. The number of thiophene rings is 1. The van der Waals surface area contributed by atoms with Gasteiger partial charge in [-0.3, -0.25) is 9.59 Å². The van der Waals surface area contributed by atoms with E-state index in [9.17, 15) is 9.59 Å². The summed E-state index contributed by atoms with van der Waals surface area (Å²) in [6.45, 7) is 6.51. The van der Waals surface area contributed by atoms with E-state index in [0.29, 0.717) is 24.8 Å². The summed E-state index contributed by atoms with van der Waals surface area (Å²) in [6.07, 6.45) is 5.57. The van der Waals surface area contributed by atoms with Crippen LogP contribution in [-0.2, 0) is 16.0 Å². The maximum absolute atomic E-state index is 12.6. The summed E-state index contributed by atoms with van der Waals surface area (Å²) in [5, 5.41) is 8.58. The van der Waals surface area contributed by atoms with Gasteiger partial charge in [-0.2, -0.15) is 0 Å². The topological polar surface area (TPSA) is 61.4 Å². The highest BCUT2D eigenvalue weighted by Crippen LogP contribution is 2.25. The number of carbonyl (C=O) groups is 2. The van der Waals surface area contributed by atoms with Crippen molar-refractivity contribution in [2.24, 2.45) is 17.8 Å². The molecule has 3 heterocycles. The highest BCUT2D eigenvalue weighted by molar-refractivity contribution is 7.09. The summed E-state index contributed by atoms with van der Waals surface area (Å²) in [5.74, 6) is 1.53. The second-order valence-electron chi connectivity index (χ2n) is 8.06. The van der Waals surface area contributed by atoms with Crippen LogP contribution in [0.5, 0.6) is 0 Å². The van der Waals surface area contributed by atoms with Gasteiger partial charge >= 0.3 is 0 Å². The number of piperidine rings is 2. The van der Waals surface area contributed by atoms with Crippen molar-refractivity contribution in [3.05, 3.63) is 22.4 Å². The van der Waals surface area contributed by atoms with Crippen LogP contribution in [0.2, 0.25) is 0 Å². The summed E-state index contributed by atoms with van der Waals surface area (Å²) in [5.41, 5.74) is 0. The fourth-order valence-electron chi connectivity index (χ4n) is 4.23. The average Bonchev–Trinajstić information content (AvgIpc) is 3.22. The third-order valence-electron chi connectivity index (χ3n) is 6.11. The molecular formula is C21H34ClN3O2S. The average molecular weight is 428 g/mol. The molecule has 2 amide bonds. The molecule has 158 valence electrons. The second-order valence-corrected chi connectivity index (χ2v) is 9.10. The molecule has 7 heteroatoms. The Hall–Kier alpha value is -1.11. The summed E-state index contributed by atoms with van der Waals surface area (Å²) >= 11 is 1.73. The van der Waals surface area contributed by atoms with Gasteiger partial charge in [0.1, 0.15) is 0 Å². The standard InChI is InChI=1S/C21H33N3O2S.ClH/c1-16(18-4-2-9-22-15-18)14-20(25)24-11-7-17(8-12-24)21(26)23-10-6-19-5-3-13-27-19;/h3,5,13,16-18,22H,2,4,6-12,14-15H2,1H3,(H,23,26);1H. The molecule has 2 aliphatic rings. The molecule has 0 bridgehead atoms. The molecule has 1 aromatic heterocycles. The number of hydrogen-bond donors (Lipinski definition) is 2. The SMILES string of the molecule is CC(CC(=O)N1CCC(C(=O)NCCc2cccs2)CC1)C1CCCNC1.Cl. The van der Waals surface area contributed by atoms with E-state index in [2.05, 4.69) is 29.0 Å². The molecule has 1 aromatic rings. The summed E-state index contributed by atoms with van der Waals surface area (Å²) < 4.78 is 0. The van der Waals surface area contributed by atoms with Crippen molar-refractivity contribution in [2.75, 3.05) is 32.7 Å². The Kier molecular flexibility index (Phi) is 9.75. The Morgan fingerprint density at radius 2 is 2.11 bits per heavy atom. The van der Waals surface area contributed by atoms with E-state index in [0.717, 1.165) is 45.4 Å². The van der Waals surface area contributed by atoms with Gasteiger partial charge in [0.25, 0.3) is 0 Å². The number of amides is 2. The van der Waals surface area contributed by atoms with Crippen LogP contribution in [0.3, 0.4) is 0 Å². The van der Waals surface area contributed by atoms with Crippen LogP contribution in [0.25, 0.3) is 0 Å².